The van der Waals surface area contributed by atoms with Crippen molar-refractivity contribution in [1.29, 1.82) is 0 Å². The van der Waals surface area contributed by atoms with Crippen molar-refractivity contribution in [2.24, 2.45) is 5.92 Å². The summed E-state index contributed by atoms with van der Waals surface area (Å²) in [7, 11) is 0. The largest absolute Gasteiger partial charge is 0.481 e. The van der Waals surface area contributed by atoms with Crippen LogP contribution in [0.1, 0.15) is 29.6 Å². The summed E-state index contributed by atoms with van der Waals surface area (Å²) in [4.78, 5) is 26.8. The van der Waals surface area contributed by atoms with Crippen LogP contribution in [-0.2, 0) is 4.79 Å². The molecule has 1 aliphatic carbocycles. The van der Waals surface area contributed by atoms with E-state index >= 15 is 0 Å². The number of carboxylic acids is 1. The molecule has 1 heterocycles. The first kappa shape index (κ1) is 12.8. The third kappa shape index (κ3) is 2.61. The summed E-state index contributed by atoms with van der Waals surface area (Å²) in [6.45, 7) is 0. The number of aliphatic carboxylic acids is 1. The number of nitrogens with zero attached hydrogens (tertiary/aromatic N) is 1. The zero-order valence-corrected chi connectivity index (χ0v) is 10.4. The van der Waals surface area contributed by atoms with E-state index in [0.717, 1.165) is 6.42 Å². The van der Waals surface area contributed by atoms with E-state index in [1.807, 2.05) is 0 Å². The maximum absolute atomic E-state index is 12.0. The van der Waals surface area contributed by atoms with Crippen molar-refractivity contribution in [2.45, 2.75) is 25.3 Å². The molecule has 1 aliphatic rings. The average molecular weight is 269 g/mol. The van der Waals surface area contributed by atoms with Gasteiger partial charge in [-0.2, -0.15) is 0 Å². The topological polar surface area (TPSA) is 79.3 Å². The van der Waals surface area contributed by atoms with Gasteiger partial charge in [-0.05, 0) is 18.9 Å². The molecule has 0 saturated heterocycles. The fourth-order valence-corrected chi connectivity index (χ4v) is 2.41. The Hall–Kier alpha value is -1.62. The van der Waals surface area contributed by atoms with Gasteiger partial charge in [0.1, 0.15) is 0 Å². The highest BCUT2D eigenvalue weighted by Gasteiger charge is 2.34. The number of hydrogen-bond donors (Lipinski definition) is 2. The molecule has 0 aromatic carbocycles. The number of rotatable bonds is 3. The first-order valence-electron chi connectivity index (χ1n) is 5.73. The van der Waals surface area contributed by atoms with E-state index < -0.39 is 11.9 Å². The number of carboxylic acid groups (broad SMARTS) is 1. The van der Waals surface area contributed by atoms with E-state index in [4.69, 9.17) is 16.7 Å². The van der Waals surface area contributed by atoms with Crippen molar-refractivity contribution in [2.75, 3.05) is 0 Å². The Labute approximate surface area is 109 Å². The highest BCUT2D eigenvalue weighted by molar-refractivity contribution is 6.33. The molecule has 96 valence electrons. The molecule has 0 spiro atoms. The quantitative estimate of drug-likeness (QED) is 0.875. The lowest BCUT2D eigenvalue weighted by atomic mass is 10.0. The summed E-state index contributed by atoms with van der Waals surface area (Å²) in [5.74, 6) is -1.74. The van der Waals surface area contributed by atoms with Gasteiger partial charge >= 0.3 is 5.97 Å². The number of aromatic nitrogens is 1. The standard InChI is InChI=1S/C12H13ClN2O3/c13-9-4-5-14-6-8(9)11(16)15-10-3-1-2-7(10)12(17)18/h4-7,10H,1-3H2,(H,15,16)(H,17,18). The Bertz CT molecular complexity index is 478. The molecule has 2 unspecified atom stereocenters. The molecule has 2 rings (SSSR count). The van der Waals surface area contributed by atoms with Gasteiger partial charge in [0.2, 0.25) is 0 Å². The van der Waals surface area contributed by atoms with Crippen LogP contribution in [0.15, 0.2) is 18.5 Å². The highest BCUT2D eigenvalue weighted by atomic mass is 35.5. The molecule has 18 heavy (non-hydrogen) atoms. The summed E-state index contributed by atoms with van der Waals surface area (Å²) in [6, 6.07) is 1.20. The zero-order valence-electron chi connectivity index (χ0n) is 9.60. The van der Waals surface area contributed by atoms with E-state index in [-0.39, 0.29) is 17.5 Å². The number of pyridine rings is 1. The number of carbonyl (C=O) groups is 2. The van der Waals surface area contributed by atoms with Gasteiger partial charge in [-0.25, -0.2) is 0 Å². The number of halogens is 1. The maximum Gasteiger partial charge on any atom is 0.308 e. The summed E-state index contributed by atoms with van der Waals surface area (Å²) >= 11 is 5.89. The van der Waals surface area contributed by atoms with Gasteiger partial charge in [0.25, 0.3) is 5.91 Å². The Kier molecular flexibility index (Phi) is 3.81. The van der Waals surface area contributed by atoms with Crippen LogP contribution in [0.3, 0.4) is 0 Å². The van der Waals surface area contributed by atoms with Crippen molar-refractivity contribution < 1.29 is 14.7 Å². The van der Waals surface area contributed by atoms with Crippen molar-refractivity contribution in [3.8, 4) is 0 Å². The SMILES string of the molecule is O=C(NC1CCCC1C(=O)O)c1cnccc1Cl. The van der Waals surface area contributed by atoms with Gasteiger partial charge in [-0.3, -0.25) is 14.6 Å². The Morgan fingerprint density at radius 2 is 2.22 bits per heavy atom. The van der Waals surface area contributed by atoms with E-state index in [1.165, 1.54) is 18.5 Å². The van der Waals surface area contributed by atoms with Crippen LogP contribution >= 0.6 is 11.6 Å². The first-order chi connectivity index (χ1) is 8.59. The molecule has 0 radical (unpaired) electrons. The molecule has 5 nitrogen and oxygen atoms in total. The molecule has 0 bridgehead atoms. The third-order valence-corrected chi connectivity index (χ3v) is 3.49. The molecule has 0 aliphatic heterocycles. The summed E-state index contributed by atoms with van der Waals surface area (Å²) in [5, 5.41) is 12.1. The minimum Gasteiger partial charge on any atom is -0.481 e. The van der Waals surface area contributed by atoms with Gasteiger partial charge in [-0.1, -0.05) is 18.0 Å². The van der Waals surface area contributed by atoms with Gasteiger partial charge in [0.05, 0.1) is 16.5 Å². The smallest absolute Gasteiger partial charge is 0.308 e. The van der Waals surface area contributed by atoms with Gasteiger partial charge in [-0.15, -0.1) is 0 Å². The molecule has 2 atom stereocenters. The zero-order chi connectivity index (χ0) is 13.1. The molecule has 1 amide bonds. The predicted octanol–water partition coefficient (Wildman–Crippen LogP) is 1.72. The molecule has 6 heteroatoms. The first-order valence-corrected chi connectivity index (χ1v) is 6.10. The van der Waals surface area contributed by atoms with Crippen LogP contribution in [-0.4, -0.2) is 28.0 Å². The highest BCUT2D eigenvalue weighted by Crippen LogP contribution is 2.26. The summed E-state index contributed by atoms with van der Waals surface area (Å²) in [6.07, 6.45) is 4.96. The van der Waals surface area contributed by atoms with Gasteiger partial charge < -0.3 is 10.4 Å². The second-order valence-electron chi connectivity index (χ2n) is 4.31. The van der Waals surface area contributed by atoms with Crippen LogP contribution in [0.2, 0.25) is 5.02 Å². The number of carbonyl (C=O) groups excluding carboxylic acids is 1. The lowest BCUT2D eigenvalue weighted by Gasteiger charge is -2.17. The van der Waals surface area contributed by atoms with Crippen LogP contribution < -0.4 is 5.32 Å². The molecule has 1 fully saturated rings. The fraction of sp³-hybridized carbons (Fsp3) is 0.417. The Morgan fingerprint density at radius 3 is 2.89 bits per heavy atom. The molecule has 2 N–H and O–H groups in total. The molecule has 1 saturated carbocycles. The minimum atomic E-state index is -0.866. The van der Waals surface area contributed by atoms with E-state index in [9.17, 15) is 9.59 Å². The maximum atomic E-state index is 12.0. The monoisotopic (exact) mass is 268 g/mol. The van der Waals surface area contributed by atoms with Crippen LogP contribution in [0.4, 0.5) is 0 Å². The van der Waals surface area contributed by atoms with Crippen LogP contribution in [0, 0.1) is 5.92 Å². The van der Waals surface area contributed by atoms with Crippen molar-refractivity contribution in [3.63, 3.8) is 0 Å². The van der Waals surface area contributed by atoms with Crippen molar-refractivity contribution in [3.05, 3.63) is 29.0 Å². The average Bonchev–Trinajstić information content (AvgIpc) is 2.77. The van der Waals surface area contributed by atoms with E-state index in [1.54, 1.807) is 0 Å². The third-order valence-electron chi connectivity index (χ3n) is 3.16. The van der Waals surface area contributed by atoms with Crippen LogP contribution in [0.5, 0.6) is 0 Å². The second-order valence-corrected chi connectivity index (χ2v) is 4.72. The predicted molar refractivity (Wildman–Crippen MR) is 65.5 cm³/mol. The van der Waals surface area contributed by atoms with E-state index in [2.05, 4.69) is 10.3 Å². The lowest BCUT2D eigenvalue weighted by molar-refractivity contribution is -0.142. The Morgan fingerprint density at radius 1 is 1.44 bits per heavy atom. The Balaban J connectivity index is 2.08. The molecule has 1 aromatic rings. The second kappa shape index (κ2) is 5.35. The summed E-state index contributed by atoms with van der Waals surface area (Å²) < 4.78 is 0. The van der Waals surface area contributed by atoms with Crippen LogP contribution in [0.25, 0.3) is 0 Å². The van der Waals surface area contributed by atoms with E-state index in [0.29, 0.717) is 17.9 Å². The molecular weight excluding hydrogens is 256 g/mol. The summed E-state index contributed by atoms with van der Waals surface area (Å²) in [5.41, 5.74) is 0.273. The molecular formula is C12H13ClN2O3. The number of amides is 1. The van der Waals surface area contributed by atoms with Gasteiger partial charge in [0.15, 0.2) is 0 Å². The minimum absolute atomic E-state index is 0.273. The normalized spacial score (nSPS) is 22.7. The number of nitrogens with one attached hydrogen (secondary N) is 1. The fourth-order valence-electron chi connectivity index (χ4n) is 2.22. The van der Waals surface area contributed by atoms with Crippen molar-refractivity contribution >= 4 is 23.5 Å². The lowest BCUT2D eigenvalue weighted by Crippen LogP contribution is -2.40. The molecule has 1 aromatic heterocycles. The number of hydrogen-bond acceptors (Lipinski definition) is 3. The van der Waals surface area contributed by atoms with Gasteiger partial charge in [0, 0.05) is 18.4 Å². The van der Waals surface area contributed by atoms with Crippen molar-refractivity contribution in [1.82, 2.24) is 10.3 Å².